The van der Waals surface area contributed by atoms with Crippen molar-refractivity contribution in [1.29, 1.82) is 0 Å². The van der Waals surface area contributed by atoms with Crippen LogP contribution in [0.3, 0.4) is 0 Å². The maximum atomic E-state index is 11.1. The zero-order valence-corrected chi connectivity index (χ0v) is 8.10. The highest BCUT2D eigenvalue weighted by Crippen LogP contribution is 2.15. The highest BCUT2D eigenvalue weighted by atomic mass is 32.2. The van der Waals surface area contributed by atoms with Gasteiger partial charge < -0.3 is 5.11 Å². The number of rotatable bonds is 2. The third-order valence-electron chi connectivity index (χ3n) is 1.39. The standard InChI is InChI=1S/C7H8N2O4S/c1-14(12,13)9(7(10)11)6-3-2-4-8-5-6/h2-5H,1H3,(H,10,11). The molecule has 0 aliphatic carbocycles. The largest absolute Gasteiger partial charge is 0.464 e. The van der Waals surface area contributed by atoms with Gasteiger partial charge in [0.25, 0.3) is 0 Å². The van der Waals surface area contributed by atoms with E-state index in [0.717, 1.165) is 12.5 Å². The molecule has 1 aromatic rings. The van der Waals surface area contributed by atoms with Gasteiger partial charge in [0.1, 0.15) is 0 Å². The molecule has 76 valence electrons. The fourth-order valence-electron chi connectivity index (χ4n) is 0.918. The predicted octanol–water partition coefficient (Wildman–Crippen LogP) is 0.526. The minimum Gasteiger partial charge on any atom is -0.464 e. The summed E-state index contributed by atoms with van der Waals surface area (Å²) in [5.74, 6) is 0. The third kappa shape index (κ3) is 2.19. The van der Waals surface area contributed by atoms with Crippen molar-refractivity contribution in [2.75, 3.05) is 10.6 Å². The van der Waals surface area contributed by atoms with Gasteiger partial charge in [-0.25, -0.2) is 13.2 Å². The number of aromatic nitrogens is 1. The molecule has 0 spiro atoms. The van der Waals surface area contributed by atoms with Gasteiger partial charge in [0.15, 0.2) is 0 Å². The van der Waals surface area contributed by atoms with Crippen LogP contribution in [0.1, 0.15) is 0 Å². The summed E-state index contributed by atoms with van der Waals surface area (Å²) in [5.41, 5.74) is 0.00231. The molecular formula is C7H8N2O4S. The van der Waals surface area contributed by atoms with Crippen LogP contribution in [0, 0.1) is 0 Å². The van der Waals surface area contributed by atoms with E-state index >= 15 is 0 Å². The lowest BCUT2D eigenvalue weighted by Crippen LogP contribution is -2.34. The Morgan fingerprint density at radius 3 is 2.57 bits per heavy atom. The molecule has 1 amide bonds. The van der Waals surface area contributed by atoms with Crippen molar-refractivity contribution in [3.05, 3.63) is 24.5 Å². The first-order valence-corrected chi connectivity index (χ1v) is 5.41. The van der Waals surface area contributed by atoms with E-state index in [1.165, 1.54) is 18.3 Å². The number of pyridine rings is 1. The number of amides is 1. The van der Waals surface area contributed by atoms with Gasteiger partial charge in [-0.05, 0) is 12.1 Å². The van der Waals surface area contributed by atoms with Crippen molar-refractivity contribution < 1.29 is 18.3 Å². The van der Waals surface area contributed by atoms with Crippen LogP contribution in [0.25, 0.3) is 0 Å². The van der Waals surface area contributed by atoms with Gasteiger partial charge in [0.2, 0.25) is 10.0 Å². The van der Waals surface area contributed by atoms with Crippen molar-refractivity contribution in [3.8, 4) is 0 Å². The van der Waals surface area contributed by atoms with Gasteiger partial charge in [-0.2, -0.15) is 4.31 Å². The Morgan fingerprint density at radius 2 is 2.21 bits per heavy atom. The first-order valence-electron chi connectivity index (χ1n) is 3.56. The fraction of sp³-hybridized carbons (Fsp3) is 0.143. The van der Waals surface area contributed by atoms with Crippen LogP contribution in [0.15, 0.2) is 24.5 Å². The molecule has 0 radical (unpaired) electrons. The van der Waals surface area contributed by atoms with Crippen molar-refractivity contribution in [1.82, 2.24) is 4.98 Å². The van der Waals surface area contributed by atoms with E-state index < -0.39 is 16.1 Å². The molecule has 0 saturated carbocycles. The number of carbonyl (C=O) groups is 1. The molecular weight excluding hydrogens is 208 g/mol. The lowest BCUT2D eigenvalue weighted by atomic mass is 10.4. The van der Waals surface area contributed by atoms with Gasteiger partial charge in [-0.3, -0.25) is 4.98 Å². The zero-order valence-electron chi connectivity index (χ0n) is 7.28. The first kappa shape index (κ1) is 10.5. The molecule has 1 N–H and O–H groups in total. The molecule has 14 heavy (non-hydrogen) atoms. The lowest BCUT2D eigenvalue weighted by molar-refractivity contribution is 0.206. The Bertz CT molecular complexity index is 428. The molecule has 6 nitrogen and oxygen atoms in total. The van der Waals surface area contributed by atoms with Crippen molar-refractivity contribution in [2.45, 2.75) is 0 Å². The van der Waals surface area contributed by atoms with Crippen LogP contribution in [-0.4, -0.2) is 30.9 Å². The van der Waals surface area contributed by atoms with Crippen LogP contribution in [-0.2, 0) is 10.0 Å². The van der Waals surface area contributed by atoms with E-state index in [-0.39, 0.29) is 9.99 Å². The SMILES string of the molecule is CS(=O)(=O)N(C(=O)O)c1cccnc1. The molecule has 7 heteroatoms. The number of hydrogen-bond acceptors (Lipinski definition) is 4. The van der Waals surface area contributed by atoms with Crippen molar-refractivity contribution in [3.63, 3.8) is 0 Å². The molecule has 0 saturated heterocycles. The van der Waals surface area contributed by atoms with E-state index in [2.05, 4.69) is 4.98 Å². The van der Waals surface area contributed by atoms with Gasteiger partial charge >= 0.3 is 6.09 Å². The Balaban J connectivity index is 3.22. The van der Waals surface area contributed by atoms with Crippen molar-refractivity contribution >= 4 is 21.8 Å². The van der Waals surface area contributed by atoms with Gasteiger partial charge in [-0.15, -0.1) is 0 Å². The molecule has 1 rings (SSSR count). The summed E-state index contributed by atoms with van der Waals surface area (Å²) < 4.78 is 22.4. The zero-order chi connectivity index (χ0) is 10.8. The maximum Gasteiger partial charge on any atom is 0.425 e. The van der Waals surface area contributed by atoms with Crippen LogP contribution in [0.5, 0.6) is 0 Å². The Kier molecular flexibility index (Phi) is 2.70. The molecule has 0 aliphatic rings. The van der Waals surface area contributed by atoms with Gasteiger partial charge in [-0.1, -0.05) is 0 Å². The minimum atomic E-state index is -3.82. The summed E-state index contributed by atoms with van der Waals surface area (Å²) >= 11 is 0. The number of hydrogen-bond donors (Lipinski definition) is 1. The first-order chi connectivity index (χ1) is 6.43. The summed E-state index contributed by atoms with van der Waals surface area (Å²) in [4.78, 5) is 14.3. The van der Waals surface area contributed by atoms with E-state index in [4.69, 9.17) is 5.11 Å². The second kappa shape index (κ2) is 3.62. The molecule has 0 fully saturated rings. The summed E-state index contributed by atoms with van der Waals surface area (Å²) in [6, 6.07) is 2.80. The summed E-state index contributed by atoms with van der Waals surface area (Å²) in [6.07, 6.45) is 1.84. The maximum absolute atomic E-state index is 11.1. The summed E-state index contributed by atoms with van der Waals surface area (Å²) in [7, 11) is -3.82. The summed E-state index contributed by atoms with van der Waals surface area (Å²) in [5, 5.41) is 8.68. The molecule has 0 bridgehead atoms. The monoisotopic (exact) mass is 216 g/mol. The molecule has 0 unspecified atom stereocenters. The van der Waals surface area contributed by atoms with Crippen LogP contribution < -0.4 is 4.31 Å². The Hall–Kier alpha value is -1.63. The average molecular weight is 216 g/mol. The Morgan fingerprint density at radius 1 is 1.57 bits per heavy atom. The number of carboxylic acid groups (broad SMARTS) is 1. The fourth-order valence-corrected chi connectivity index (χ4v) is 1.69. The topological polar surface area (TPSA) is 87.6 Å². The summed E-state index contributed by atoms with van der Waals surface area (Å²) in [6.45, 7) is 0. The lowest BCUT2D eigenvalue weighted by Gasteiger charge is -2.15. The minimum absolute atomic E-state index is 0.00231. The second-order valence-corrected chi connectivity index (χ2v) is 4.35. The second-order valence-electron chi connectivity index (χ2n) is 2.52. The average Bonchev–Trinajstić information content (AvgIpc) is 2.02. The molecule has 1 aromatic heterocycles. The molecule has 0 aromatic carbocycles. The normalized spacial score (nSPS) is 10.9. The Labute approximate surface area is 80.9 Å². The van der Waals surface area contributed by atoms with E-state index in [1.54, 1.807) is 0 Å². The van der Waals surface area contributed by atoms with Crippen LogP contribution in [0.4, 0.5) is 10.5 Å². The number of anilines is 1. The molecule has 0 atom stereocenters. The van der Waals surface area contributed by atoms with Crippen LogP contribution >= 0.6 is 0 Å². The van der Waals surface area contributed by atoms with E-state index in [0.29, 0.717) is 0 Å². The van der Waals surface area contributed by atoms with E-state index in [1.807, 2.05) is 0 Å². The third-order valence-corrected chi connectivity index (χ3v) is 2.42. The van der Waals surface area contributed by atoms with Gasteiger partial charge in [0.05, 0.1) is 18.1 Å². The number of sulfonamides is 1. The van der Waals surface area contributed by atoms with Crippen LogP contribution in [0.2, 0.25) is 0 Å². The predicted molar refractivity (Wildman–Crippen MR) is 49.6 cm³/mol. The smallest absolute Gasteiger partial charge is 0.425 e. The van der Waals surface area contributed by atoms with Crippen molar-refractivity contribution in [2.24, 2.45) is 0 Å². The highest BCUT2D eigenvalue weighted by molar-refractivity contribution is 7.92. The highest BCUT2D eigenvalue weighted by Gasteiger charge is 2.24. The molecule has 1 heterocycles. The quantitative estimate of drug-likeness (QED) is 0.778. The number of nitrogens with zero attached hydrogens (tertiary/aromatic N) is 2. The van der Waals surface area contributed by atoms with E-state index in [9.17, 15) is 13.2 Å². The molecule has 0 aliphatic heterocycles. The van der Waals surface area contributed by atoms with Gasteiger partial charge in [0, 0.05) is 6.20 Å².